The Hall–Kier alpha value is -2.18. The number of thioether (sulfide) groups is 1. The molecule has 6 heteroatoms. The molecule has 4 nitrogen and oxygen atoms in total. The molecular formula is C18H17NO3S2. The van der Waals surface area contributed by atoms with Crippen molar-refractivity contribution in [2.75, 3.05) is 6.54 Å². The second kappa shape index (κ2) is 8.61. The summed E-state index contributed by atoms with van der Waals surface area (Å²) in [7, 11) is 0. The summed E-state index contributed by atoms with van der Waals surface area (Å²) >= 11 is 6.33. The van der Waals surface area contributed by atoms with Crippen LogP contribution in [0, 0.1) is 0 Å². The standard InChI is InChI=1S/C18H17NO3S2/c1-13(12-14-7-3-2-4-8-14)6-5-9-15-17(22)19(18(23)24-15)11-10-16(20)21/h2-9,12H,10-11H2,1H3,(H,20,21). The number of carbonyl (C=O) groups is 2. The highest BCUT2D eigenvalue weighted by molar-refractivity contribution is 8.26. The van der Waals surface area contributed by atoms with Crippen molar-refractivity contribution in [2.24, 2.45) is 0 Å². The van der Waals surface area contributed by atoms with Crippen molar-refractivity contribution in [2.45, 2.75) is 13.3 Å². The first kappa shape index (κ1) is 18.2. The van der Waals surface area contributed by atoms with E-state index in [2.05, 4.69) is 0 Å². The molecule has 24 heavy (non-hydrogen) atoms. The maximum absolute atomic E-state index is 12.2. The second-order valence-corrected chi connectivity index (χ2v) is 6.83. The average molecular weight is 359 g/mol. The molecule has 1 fully saturated rings. The maximum Gasteiger partial charge on any atom is 0.305 e. The molecule has 1 aliphatic heterocycles. The molecule has 2 rings (SSSR count). The molecule has 0 spiro atoms. The van der Waals surface area contributed by atoms with Gasteiger partial charge in [0.15, 0.2) is 0 Å². The fraction of sp³-hybridized carbons (Fsp3) is 0.167. The zero-order valence-corrected chi connectivity index (χ0v) is 14.8. The maximum atomic E-state index is 12.2. The molecular weight excluding hydrogens is 342 g/mol. The minimum Gasteiger partial charge on any atom is -0.481 e. The summed E-state index contributed by atoms with van der Waals surface area (Å²) < 4.78 is 0.400. The molecule has 1 amide bonds. The van der Waals surface area contributed by atoms with Crippen LogP contribution in [-0.2, 0) is 9.59 Å². The molecule has 124 valence electrons. The summed E-state index contributed by atoms with van der Waals surface area (Å²) in [6.45, 7) is 2.09. The van der Waals surface area contributed by atoms with Crippen LogP contribution in [0.5, 0.6) is 0 Å². The number of nitrogens with zero attached hydrogens (tertiary/aromatic N) is 1. The van der Waals surface area contributed by atoms with E-state index in [9.17, 15) is 9.59 Å². The van der Waals surface area contributed by atoms with Crippen LogP contribution in [0.3, 0.4) is 0 Å². The van der Waals surface area contributed by atoms with E-state index in [1.54, 1.807) is 12.2 Å². The van der Waals surface area contributed by atoms with E-state index in [0.717, 1.165) is 11.1 Å². The molecule has 1 heterocycles. The third-order valence-electron chi connectivity index (χ3n) is 3.22. The number of amides is 1. The molecule has 1 N–H and O–H groups in total. The lowest BCUT2D eigenvalue weighted by Crippen LogP contribution is -2.30. The Bertz CT molecular complexity index is 736. The third kappa shape index (κ3) is 5.18. The Morgan fingerprint density at radius 1 is 1.33 bits per heavy atom. The van der Waals surface area contributed by atoms with Gasteiger partial charge in [0, 0.05) is 6.54 Å². The monoisotopic (exact) mass is 359 g/mol. The van der Waals surface area contributed by atoms with Crippen molar-refractivity contribution in [1.82, 2.24) is 4.90 Å². The third-order valence-corrected chi connectivity index (χ3v) is 4.62. The number of carboxylic acid groups (broad SMARTS) is 1. The van der Waals surface area contributed by atoms with Gasteiger partial charge < -0.3 is 5.11 Å². The Morgan fingerprint density at radius 2 is 2.04 bits per heavy atom. The van der Waals surface area contributed by atoms with Crippen molar-refractivity contribution < 1.29 is 14.7 Å². The van der Waals surface area contributed by atoms with Gasteiger partial charge >= 0.3 is 5.97 Å². The lowest BCUT2D eigenvalue weighted by atomic mass is 10.1. The van der Waals surface area contributed by atoms with Crippen LogP contribution >= 0.6 is 24.0 Å². The van der Waals surface area contributed by atoms with Gasteiger partial charge in [0.05, 0.1) is 11.3 Å². The van der Waals surface area contributed by atoms with E-state index in [-0.39, 0.29) is 18.9 Å². The average Bonchev–Trinajstić information content (AvgIpc) is 2.80. The quantitative estimate of drug-likeness (QED) is 0.475. The Balaban J connectivity index is 2.01. The Kier molecular flexibility index (Phi) is 6.52. The van der Waals surface area contributed by atoms with Gasteiger partial charge in [0.25, 0.3) is 5.91 Å². The predicted molar refractivity (Wildman–Crippen MR) is 101 cm³/mol. The van der Waals surface area contributed by atoms with Crippen LogP contribution in [0.25, 0.3) is 6.08 Å². The highest BCUT2D eigenvalue weighted by Crippen LogP contribution is 2.31. The van der Waals surface area contributed by atoms with Crippen molar-refractivity contribution in [3.05, 3.63) is 64.6 Å². The van der Waals surface area contributed by atoms with Gasteiger partial charge in [0.1, 0.15) is 4.32 Å². The molecule has 0 saturated carbocycles. The van der Waals surface area contributed by atoms with Crippen LogP contribution in [0.4, 0.5) is 0 Å². The summed E-state index contributed by atoms with van der Waals surface area (Å²) in [4.78, 5) is 24.7. The smallest absolute Gasteiger partial charge is 0.305 e. The largest absolute Gasteiger partial charge is 0.481 e. The highest BCUT2D eigenvalue weighted by Gasteiger charge is 2.31. The van der Waals surface area contributed by atoms with Crippen LogP contribution in [-0.4, -0.2) is 32.7 Å². The predicted octanol–water partition coefficient (Wildman–Crippen LogP) is 3.87. The first-order chi connectivity index (χ1) is 11.5. The summed E-state index contributed by atoms with van der Waals surface area (Å²) in [5, 5.41) is 8.72. The van der Waals surface area contributed by atoms with E-state index < -0.39 is 5.97 Å². The van der Waals surface area contributed by atoms with Crippen LogP contribution in [0.15, 0.2) is 59.0 Å². The number of hydrogen-bond acceptors (Lipinski definition) is 4. The van der Waals surface area contributed by atoms with Crippen LogP contribution in [0.2, 0.25) is 0 Å². The minimum absolute atomic E-state index is 0.105. The molecule has 0 unspecified atom stereocenters. The lowest BCUT2D eigenvalue weighted by Gasteiger charge is -2.12. The van der Waals surface area contributed by atoms with Gasteiger partial charge in [-0.05, 0) is 18.6 Å². The highest BCUT2D eigenvalue weighted by atomic mass is 32.2. The lowest BCUT2D eigenvalue weighted by molar-refractivity contribution is -0.137. The zero-order valence-electron chi connectivity index (χ0n) is 13.1. The van der Waals surface area contributed by atoms with Crippen molar-refractivity contribution in [3.8, 4) is 0 Å². The van der Waals surface area contributed by atoms with E-state index >= 15 is 0 Å². The number of allylic oxidation sites excluding steroid dienone is 4. The minimum atomic E-state index is -0.949. The molecule has 0 radical (unpaired) electrons. The van der Waals surface area contributed by atoms with Crippen molar-refractivity contribution >= 4 is 46.3 Å². The molecule has 1 aliphatic rings. The van der Waals surface area contributed by atoms with Crippen molar-refractivity contribution in [1.29, 1.82) is 0 Å². The van der Waals surface area contributed by atoms with Gasteiger partial charge in [-0.2, -0.15) is 0 Å². The molecule has 0 aromatic heterocycles. The molecule has 1 aromatic carbocycles. The Labute approximate surface area is 150 Å². The van der Waals surface area contributed by atoms with Gasteiger partial charge in [-0.15, -0.1) is 0 Å². The van der Waals surface area contributed by atoms with Gasteiger partial charge in [-0.1, -0.05) is 78.1 Å². The van der Waals surface area contributed by atoms with Crippen LogP contribution < -0.4 is 0 Å². The summed E-state index contributed by atoms with van der Waals surface area (Å²) in [6, 6.07) is 9.96. The van der Waals surface area contributed by atoms with E-state index in [4.69, 9.17) is 17.3 Å². The molecule has 0 bridgehead atoms. The Morgan fingerprint density at radius 3 is 2.71 bits per heavy atom. The molecule has 0 aliphatic carbocycles. The van der Waals surface area contributed by atoms with Gasteiger partial charge in [-0.3, -0.25) is 14.5 Å². The van der Waals surface area contributed by atoms with Gasteiger partial charge in [-0.25, -0.2) is 0 Å². The fourth-order valence-corrected chi connectivity index (χ4v) is 3.32. The number of benzene rings is 1. The topological polar surface area (TPSA) is 57.6 Å². The van der Waals surface area contributed by atoms with Gasteiger partial charge in [0.2, 0.25) is 0 Å². The zero-order chi connectivity index (χ0) is 17.5. The number of hydrogen-bond donors (Lipinski definition) is 1. The fourth-order valence-electron chi connectivity index (χ4n) is 2.06. The van der Waals surface area contributed by atoms with Crippen molar-refractivity contribution in [3.63, 3.8) is 0 Å². The number of rotatable bonds is 6. The first-order valence-corrected chi connectivity index (χ1v) is 8.57. The molecule has 1 saturated heterocycles. The molecule has 1 aromatic rings. The summed E-state index contributed by atoms with van der Waals surface area (Å²) in [5.74, 6) is -1.19. The second-order valence-electron chi connectivity index (χ2n) is 5.16. The van der Waals surface area contributed by atoms with E-state index in [0.29, 0.717) is 9.23 Å². The number of carbonyl (C=O) groups excluding carboxylic acids is 1. The summed E-state index contributed by atoms with van der Waals surface area (Å²) in [5.41, 5.74) is 2.17. The number of aliphatic carboxylic acids is 1. The number of thiocarbonyl (C=S) groups is 1. The van der Waals surface area contributed by atoms with E-state index in [1.165, 1.54) is 16.7 Å². The first-order valence-electron chi connectivity index (χ1n) is 7.34. The number of carboxylic acids is 1. The summed E-state index contributed by atoms with van der Waals surface area (Å²) in [6.07, 6.45) is 7.36. The van der Waals surface area contributed by atoms with E-state index in [1.807, 2.05) is 49.4 Å². The normalized spacial score (nSPS) is 17.3. The molecule has 0 atom stereocenters. The SMILES string of the molecule is CC(C=CC=C1SC(=S)N(CCC(=O)O)C1=O)=Cc1ccccc1. The van der Waals surface area contributed by atoms with Crippen LogP contribution in [0.1, 0.15) is 18.9 Å².